The molecular formula is C34H52NO6P. The second-order valence-electron chi connectivity index (χ2n) is 11.0. The summed E-state index contributed by atoms with van der Waals surface area (Å²) < 4.78 is 21.8. The second-order valence-corrected chi connectivity index (χ2v) is 12.2. The summed E-state index contributed by atoms with van der Waals surface area (Å²) in [6, 6.07) is 16.8. The molecule has 1 atom stereocenters. The number of hydrogen-bond donors (Lipinski definition) is 3. The molecule has 2 rings (SSSR count). The van der Waals surface area contributed by atoms with Crippen LogP contribution in [0.25, 0.3) is 0 Å². The van der Waals surface area contributed by atoms with Gasteiger partial charge in [-0.1, -0.05) is 113 Å². The number of hydrogen-bond acceptors (Lipinski definition) is 4. The lowest BCUT2D eigenvalue weighted by molar-refractivity contribution is -0.122. The first kappa shape index (κ1) is 35.8. The maximum atomic E-state index is 12.6. The second kappa shape index (κ2) is 22.1. The van der Waals surface area contributed by atoms with E-state index in [1.54, 1.807) is 0 Å². The number of carbonyl (C=O) groups excluding carboxylic acids is 1. The molecular weight excluding hydrogens is 549 g/mol. The zero-order valence-corrected chi connectivity index (χ0v) is 26.3. The van der Waals surface area contributed by atoms with Crippen LogP contribution >= 0.6 is 7.82 Å². The third-order valence-corrected chi connectivity index (χ3v) is 7.61. The van der Waals surface area contributed by atoms with Gasteiger partial charge in [0.2, 0.25) is 5.91 Å². The molecule has 2 aromatic rings. The summed E-state index contributed by atoms with van der Waals surface area (Å²) in [4.78, 5) is 30.9. The van der Waals surface area contributed by atoms with Crippen molar-refractivity contribution < 1.29 is 28.4 Å². The molecule has 0 spiro atoms. The van der Waals surface area contributed by atoms with Gasteiger partial charge in [0.25, 0.3) is 0 Å². The van der Waals surface area contributed by atoms with Gasteiger partial charge in [0.1, 0.15) is 12.4 Å². The lowest BCUT2D eigenvalue weighted by Gasteiger charge is -2.19. The number of rotatable bonds is 24. The van der Waals surface area contributed by atoms with E-state index in [2.05, 4.69) is 24.4 Å². The van der Waals surface area contributed by atoms with E-state index in [0.717, 1.165) is 49.0 Å². The molecule has 42 heavy (non-hydrogen) atoms. The molecule has 0 aliphatic heterocycles. The first-order valence-electron chi connectivity index (χ1n) is 15.8. The number of amides is 1. The third-order valence-electron chi connectivity index (χ3n) is 7.13. The van der Waals surface area contributed by atoms with Gasteiger partial charge in [-0.2, -0.15) is 0 Å². The van der Waals surface area contributed by atoms with E-state index in [9.17, 15) is 9.36 Å². The number of unbranched alkanes of at least 4 members (excludes halogenated alkanes) is 11. The summed E-state index contributed by atoms with van der Waals surface area (Å²) in [5, 5.41) is 2.90. The molecule has 2 aromatic carbocycles. The minimum Gasteiger partial charge on any atom is -0.489 e. The van der Waals surface area contributed by atoms with Gasteiger partial charge in [0.15, 0.2) is 0 Å². The maximum absolute atomic E-state index is 12.6. The minimum atomic E-state index is -4.64. The average Bonchev–Trinajstić information content (AvgIpc) is 2.97. The first-order valence-corrected chi connectivity index (χ1v) is 17.3. The van der Waals surface area contributed by atoms with Gasteiger partial charge in [-0.3, -0.25) is 9.32 Å². The Labute approximate surface area is 253 Å². The van der Waals surface area contributed by atoms with Crippen LogP contribution in [0.15, 0.2) is 66.7 Å². The number of carbonyl (C=O) groups is 1. The Balaban J connectivity index is 1.63. The van der Waals surface area contributed by atoms with Gasteiger partial charge in [0.05, 0.1) is 12.6 Å². The Morgan fingerprint density at radius 2 is 1.40 bits per heavy atom. The van der Waals surface area contributed by atoms with Crippen molar-refractivity contribution in [3.8, 4) is 5.75 Å². The summed E-state index contributed by atoms with van der Waals surface area (Å²) in [6.45, 7) is 2.44. The molecule has 0 fully saturated rings. The van der Waals surface area contributed by atoms with Gasteiger partial charge in [-0.15, -0.1) is 0 Å². The van der Waals surface area contributed by atoms with Crippen LogP contribution in [-0.2, 0) is 26.9 Å². The highest BCUT2D eigenvalue weighted by atomic mass is 31.2. The molecule has 0 heterocycles. The fraction of sp³-hybridized carbons (Fsp3) is 0.559. The molecule has 0 aromatic heterocycles. The Kier molecular flexibility index (Phi) is 18.9. The SMILES string of the molecule is CCCCCCCC/C=C\CCCCCCCC(=O)N[C@H](COP(=O)(O)O)Cc1ccc(OCc2ccccc2)cc1. The van der Waals surface area contributed by atoms with E-state index in [1.807, 2.05) is 54.6 Å². The Bertz CT molecular complexity index is 1040. The molecule has 0 unspecified atom stereocenters. The quantitative estimate of drug-likeness (QED) is 0.0634. The van der Waals surface area contributed by atoms with Crippen molar-refractivity contribution >= 4 is 13.7 Å². The molecule has 0 saturated carbocycles. The summed E-state index contributed by atoms with van der Waals surface area (Å²) in [5.74, 6) is 0.591. The topological polar surface area (TPSA) is 105 Å². The predicted molar refractivity (Wildman–Crippen MR) is 170 cm³/mol. The van der Waals surface area contributed by atoms with Gasteiger partial charge in [0, 0.05) is 6.42 Å². The van der Waals surface area contributed by atoms with Crippen molar-refractivity contribution in [3.63, 3.8) is 0 Å². The van der Waals surface area contributed by atoms with E-state index < -0.39 is 13.9 Å². The van der Waals surface area contributed by atoms with Crippen LogP contribution in [0.2, 0.25) is 0 Å². The van der Waals surface area contributed by atoms with Crippen molar-refractivity contribution in [2.45, 2.75) is 116 Å². The molecule has 0 aliphatic rings. The molecule has 3 N–H and O–H groups in total. The molecule has 8 heteroatoms. The first-order chi connectivity index (χ1) is 20.4. The van der Waals surface area contributed by atoms with E-state index in [-0.39, 0.29) is 12.5 Å². The number of phosphoric ester groups is 1. The van der Waals surface area contributed by atoms with E-state index in [1.165, 1.54) is 51.4 Å². The van der Waals surface area contributed by atoms with Gasteiger partial charge >= 0.3 is 7.82 Å². The van der Waals surface area contributed by atoms with Crippen LogP contribution in [0, 0.1) is 0 Å². The highest BCUT2D eigenvalue weighted by Gasteiger charge is 2.20. The number of phosphoric acid groups is 1. The highest BCUT2D eigenvalue weighted by molar-refractivity contribution is 7.46. The van der Waals surface area contributed by atoms with Crippen molar-refractivity contribution in [3.05, 3.63) is 77.9 Å². The Morgan fingerprint density at radius 1 is 0.810 bits per heavy atom. The summed E-state index contributed by atoms with van der Waals surface area (Å²) >= 11 is 0. The van der Waals surface area contributed by atoms with Crippen LogP contribution in [-0.4, -0.2) is 28.3 Å². The zero-order chi connectivity index (χ0) is 30.3. The molecule has 1 amide bonds. The maximum Gasteiger partial charge on any atom is 0.469 e. The third kappa shape index (κ3) is 18.9. The molecule has 0 radical (unpaired) electrons. The molecule has 234 valence electrons. The van der Waals surface area contributed by atoms with Crippen molar-refractivity contribution in [2.24, 2.45) is 0 Å². The van der Waals surface area contributed by atoms with Crippen LogP contribution in [0.3, 0.4) is 0 Å². The molecule has 7 nitrogen and oxygen atoms in total. The Morgan fingerprint density at radius 3 is 2.02 bits per heavy atom. The highest BCUT2D eigenvalue weighted by Crippen LogP contribution is 2.35. The smallest absolute Gasteiger partial charge is 0.469 e. The number of ether oxygens (including phenoxy) is 1. The van der Waals surface area contributed by atoms with Crippen molar-refractivity contribution in [1.82, 2.24) is 5.32 Å². The average molecular weight is 602 g/mol. The van der Waals surface area contributed by atoms with E-state index >= 15 is 0 Å². The van der Waals surface area contributed by atoms with Crippen LogP contribution in [0.1, 0.15) is 108 Å². The molecule has 0 aliphatic carbocycles. The lowest BCUT2D eigenvalue weighted by Crippen LogP contribution is -2.39. The number of nitrogens with one attached hydrogen (secondary N) is 1. The summed E-state index contributed by atoms with van der Waals surface area (Å²) in [5.41, 5.74) is 1.98. The summed E-state index contributed by atoms with van der Waals surface area (Å²) in [6.07, 6.45) is 21.0. The molecule has 0 bridgehead atoms. The van der Waals surface area contributed by atoms with Crippen molar-refractivity contribution in [2.75, 3.05) is 6.61 Å². The van der Waals surface area contributed by atoms with Gasteiger partial charge in [-0.25, -0.2) is 4.57 Å². The van der Waals surface area contributed by atoms with Gasteiger partial charge in [-0.05, 0) is 61.8 Å². The lowest BCUT2D eigenvalue weighted by atomic mass is 10.1. The largest absolute Gasteiger partial charge is 0.489 e. The standard InChI is InChI=1S/C34H52NO6P/c1-2-3-4-5-6-7-8-9-10-11-12-13-14-15-19-22-34(36)35-32(29-41-42(37,38)39)27-30-23-25-33(26-24-30)40-28-31-20-17-16-18-21-31/h9-10,16-18,20-21,23-26,32H,2-8,11-15,19,22,27-29H2,1H3,(H,35,36)(H2,37,38,39)/b10-9-/t32-/m0/s1. The predicted octanol–water partition coefficient (Wildman–Crippen LogP) is 8.44. The number of allylic oxidation sites excluding steroid dienone is 2. The normalized spacial score (nSPS) is 12.5. The fourth-order valence-electron chi connectivity index (χ4n) is 4.74. The van der Waals surface area contributed by atoms with Gasteiger partial charge < -0.3 is 19.8 Å². The zero-order valence-electron chi connectivity index (χ0n) is 25.4. The Hall–Kier alpha value is -2.44. The summed E-state index contributed by atoms with van der Waals surface area (Å²) in [7, 11) is -4.64. The van der Waals surface area contributed by atoms with Crippen molar-refractivity contribution in [1.29, 1.82) is 0 Å². The van der Waals surface area contributed by atoms with Crippen LogP contribution < -0.4 is 10.1 Å². The van der Waals surface area contributed by atoms with Crippen LogP contribution in [0.4, 0.5) is 0 Å². The molecule has 0 saturated heterocycles. The minimum absolute atomic E-state index is 0.130. The number of benzene rings is 2. The monoisotopic (exact) mass is 601 g/mol. The van der Waals surface area contributed by atoms with Crippen LogP contribution in [0.5, 0.6) is 5.75 Å². The van der Waals surface area contributed by atoms with E-state index in [4.69, 9.17) is 19.0 Å². The van der Waals surface area contributed by atoms with E-state index in [0.29, 0.717) is 19.4 Å². The fourth-order valence-corrected chi connectivity index (χ4v) is 5.12.